The Morgan fingerprint density at radius 3 is 2.54 bits per heavy atom. The lowest BCUT2D eigenvalue weighted by Gasteiger charge is -2.23. The molecule has 0 saturated heterocycles. The molecular formula is C6H13N2O4P. The van der Waals surface area contributed by atoms with E-state index >= 15 is 0 Å². The molecule has 0 radical (unpaired) electrons. The van der Waals surface area contributed by atoms with E-state index in [-0.39, 0.29) is 0 Å². The van der Waals surface area contributed by atoms with Gasteiger partial charge in [0, 0.05) is 0 Å². The first-order chi connectivity index (χ1) is 5.83. The minimum absolute atomic E-state index is 0.448. The van der Waals surface area contributed by atoms with E-state index in [9.17, 15) is 4.57 Å². The van der Waals surface area contributed by atoms with E-state index in [1.807, 2.05) is 6.92 Å². The van der Waals surface area contributed by atoms with Gasteiger partial charge in [0.25, 0.3) is 0 Å². The molecule has 0 aliphatic rings. The van der Waals surface area contributed by atoms with E-state index < -0.39 is 13.5 Å². The van der Waals surface area contributed by atoms with E-state index in [0.717, 1.165) is 6.42 Å². The first kappa shape index (κ1) is 12.6. The highest BCUT2D eigenvalue weighted by atomic mass is 31.2. The summed E-state index contributed by atoms with van der Waals surface area (Å²) in [4.78, 5) is 17.0. The molecule has 1 atom stereocenters. The minimum atomic E-state index is -4.63. The number of hydrogen-bond acceptors (Lipinski definition) is 4. The Bertz CT molecular complexity index is 246. The van der Waals surface area contributed by atoms with Gasteiger partial charge in [-0.2, -0.15) is 5.26 Å². The molecule has 0 aliphatic heterocycles. The first-order valence-corrected chi connectivity index (χ1v) is 5.28. The van der Waals surface area contributed by atoms with Gasteiger partial charge in [0.2, 0.25) is 5.72 Å². The molecule has 0 fully saturated rings. The van der Waals surface area contributed by atoms with Crippen LogP contribution >= 0.6 is 7.82 Å². The molecule has 0 aromatic rings. The van der Waals surface area contributed by atoms with Gasteiger partial charge in [-0.05, 0) is 19.9 Å². The van der Waals surface area contributed by atoms with Crippen molar-refractivity contribution >= 4 is 7.82 Å². The summed E-state index contributed by atoms with van der Waals surface area (Å²) in [6.45, 7) is 3.58. The molecule has 0 spiro atoms. The molecule has 0 amide bonds. The Hall–Kier alpha value is -0.440. The summed E-state index contributed by atoms with van der Waals surface area (Å²) in [7, 11) is -4.63. The van der Waals surface area contributed by atoms with Crippen LogP contribution in [0, 0.1) is 11.3 Å². The molecule has 0 aromatic heterocycles. The van der Waals surface area contributed by atoms with E-state index in [2.05, 4.69) is 9.84 Å². The second-order valence-corrected chi connectivity index (χ2v) is 3.82. The SMILES string of the molecule is CCCNC(C)(C#N)OP(=O)(O)O. The van der Waals surface area contributed by atoms with Crippen LogP contribution in [0.3, 0.4) is 0 Å². The highest BCUT2D eigenvalue weighted by Crippen LogP contribution is 2.40. The summed E-state index contributed by atoms with van der Waals surface area (Å²) >= 11 is 0. The number of rotatable bonds is 5. The fourth-order valence-corrected chi connectivity index (χ4v) is 1.27. The molecule has 76 valence electrons. The molecule has 0 heterocycles. The lowest BCUT2D eigenvalue weighted by Crippen LogP contribution is -2.43. The second-order valence-electron chi connectivity index (χ2n) is 2.65. The second kappa shape index (κ2) is 4.70. The lowest BCUT2D eigenvalue weighted by atomic mass is 10.3. The van der Waals surface area contributed by atoms with Crippen molar-refractivity contribution in [3.8, 4) is 6.07 Å². The van der Waals surface area contributed by atoms with Gasteiger partial charge in [-0.25, -0.2) is 4.57 Å². The fourth-order valence-electron chi connectivity index (χ4n) is 0.694. The van der Waals surface area contributed by atoms with Crippen LogP contribution in [0.2, 0.25) is 0 Å². The van der Waals surface area contributed by atoms with Crippen molar-refractivity contribution in [3.63, 3.8) is 0 Å². The zero-order chi connectivity index (χ0) is 10.5. The van der Waals surface area contributed by atoms with Crippen LogP contribution in [-0.4, -0.2) is 22.1 Å². The van der Waals surface area contributed by atoms with Crippen LogP contribution in [-0.2, 0) is 9.09 Å². The molecule has 13 heavy (non-hydrogen) atoms. The Morgan fingerprint density at radius 2 is 2.23 bits per heavy atom. The Kier molecular flexibility index (Phi) is 4.54. The van der Waals surface area contributed by atoms with Crippen LogP contribution < -0.4 is 5.32 Å². The van der Waals surface area contributed by atoms with Gasteiger partial charge in [0.05, 0.1) is 0 Å². The van der Waals surface area contributed by atoms with Crippen LogP contribution in [0.15, 0.2) is 0 Å². The van der Waals surface area contributed by atoms with E-state index in [4.69, 9.17) is 15.0 Å². The summed E-state index contributed by atoms with van der Waals surface area (Å²) < 4.78 is 14.7. The van der Waals surface area contributed by atoms with Gasteiger partial charge >= 0.3 is 7.82 Å². The van der Waals surface area contributed by atoms with E-state index in [0.29, 0.717) is 6.54 Å². The predicted molar refractivity (Wildman–Crippen MR) is 45.4 cm³/mol. The number of phosphoric acid groups is 1. The molecule has 0 rings (SSSR count). The zero-order valence-corrected chi connectivity index (χ0v) is 8.41. The van der Waals surface area contributed by atoms with Crippen LogP contribution in [0.4, 0.5) is 0 Å². The number of nitriles is 1. The molecule has 0 aromatic carbocycles. The van der Waals surface area contributed by atoms with Crippen LogP contribution in [0.5, 0.6) is 0 Å². The largest absolute Gasteiger partial charge is 0.472 e. The molecule has 0 bridgehead atoms. The van der Waals surface area contributed by atoms with Gasteiger partial charge in [-0.1, -0.05) is 6.92 Å². The van der Waals surface area contributed by atoms with Crippen molar-refractivity contribution in [1.82, 2.24) is 5.32 Å². The van der Waals surface area contributed by atoms with Gasteiger partial charge in [-0.3, -0.25) is 9.84 Å². The maximum Gasteiger partial charge on any atom is 0.472 e. The Balaban J connectivity index is 4.31. The summed E-state index contributed by atoms with van der Waals surface area (Å²) in [5.41, 5.74) is -1.63. The van der Waals surface area contributed by atoms with E-state index in [1.54, 1.807) is 6.07 Å². The Labute approximate surface area is 76.8 Å². The van der Waals surface area contributed by atoms with Gasteiger partial charge in [0.15, 0.2) is 0 Å². The van der Waals surface area contributed by atoms with Crippen molar-refractivity contribution in [3.05, 3.63) is 0 Å². The van der Waals surface area contributed by atoms with Crippen molar-refractivity contribution in [2.45, 2.75) is 26.0 Å². The predicted octanol–water partition coefficient (Wildman–Crippen LogP) is 0.335. The molecule has 1 unspecified atom stereocenters. The van der Waals surface area contributed by atoms with Crippen molar-refractivity contribution in [2.75, 3.05) is 6.54 Å². The lowest BCUT2D eigenvalue weighted by molar-refractivity contribution is 0.0670. The first-order valence-electron chi connectivity index (χ1n) is 3.75. The number of nitrogens with one attached hydrogen (secondary N) is 1. The summed E-state index contributed by atoms with van der Waals surface area (Å²) in [6, 6.07) is 1.64. The van der Waals surface area contributed by atoms with Crippen molar-refractivity contribution in [1.29, 1.82) is 5.26 Å². The standard InChI is InChI=1S/C6H13N2O4P/c1-3-4-8-6(2,5-7)12-13(9,10)11/h8H,3-4H2,1-2H3,(H2,9,10,11). The third-order valence-corrected chi connectivity index (χ3v) is 1.83. The zero-order valence-electron chi connectivity index (χ0n) is 7.52. The average Bonchev–Trinajstić information content (AvgIpc) is 1.98. The smallest absolute Gasteiger partial charge is 0.303 e. The molecule has 3 N–H and O–H groups in total. The highest BCUT2D eigenvalue weighted by Gasteiger charge is 2.32. The number of phosphoric ester groups is 1. The average molecular weight is 208 g/mol. The molecule has 0 aliphatic carbocycles. The maximum absolute atomic E-state index is 10.5. The monoisotopic (exact) mass is 208 g/mol. The van der Waals surface area contributed by atoms with Crippen LogP contribution in [0.25, 0.3) is 0 Å². The highest BCUT2D eigenvalue weighted by molar-refractivity contribution is 7.46. The summed E-state index contributed by atoms with van der Waals surface area (Å²) in [5.74, 6) is 0. The van der Waals surface area contributed by atoms with Gasteiger partial charge in [-0.15, -0.1) is 0 Å². The minimum Gasteiger partial charge on any atom is -0.303 e. The quantitative estimate of drug-likeness (QED) is 0.444. The molecule has 6 nitrogen and oxygen atoms in total. The van der Waals surface area contributed by atoms with Crippen LogP contribution in [0.1, 0.15) is 20.3 Å². The third-order valence-electron chi connectivity index (χ3n) is 1.23. The molecule has 7 heteroatoms. The normalized spacial score (nSPS) is 16.2. The fraction of sp³-hybridized carbons (Fsp3) is 0.833. The van der Waals surface area contributed by atoms with Crippen molar-refractivity contribution < 1.29 is 18.9 Å². The molecular weight excluding hydrogens is 195 g/mol. The van der Waals surface area contributed by atoms with E-state index in [1.165, 1.54) is 6.92 Å². The summed E-state index contributed by atoms with van der Waals surface area (Å²) in [6.07, 6.45) is 0.738. The topological polar surface area (TPSA) is 103 Å². The summed E-state index contributed by atoms with van der Waals surface area (Å²) in [5, 5.41) is 11.2. The Morgan fingerprint density at radius 1 is 1.69 bits per heavy atom. The number of hydrogen-bond donors (Lipinski definition) is 3. The van der Waals surface area contributed by atoms with Gasteiger partial charge < -0.3 is 9.79 Å². The van der Waals surface area contributed by atoms with Gasteiger partial charge in [0.1, 0.15) is 6.07 Å². The third kappa shape index (κ3) is 5.75. The molecule has 0 saturated carbocycles. The maximum atomic E-state index is 10.5. The number of nitrogens with zero attached hydrogens (tertiary/aromatic N) is 1. The van der Waals surface area contributed by atoms with Crippen molar-refractivity contribution in [2.24, 2.45) is 0 Å².